The molecule has 2 aliphatic carbocycles. The lowest BCUT2D eigenvalue weighted by molar-refractivity contribution is -0.0715. The van der Waals surface area contributed by atoms with E-state index in [1.165, 1.54) is 44.9 Å². The van der Waals surface area contributed by atoms with E-state index in [4.69, 9.17) is 4.74 Å². The fourth-order valence-electron chi connectivity index (χ4n) is 2.82. The van der Waals surface area contributed by atoms with Gasteiger partial charge in [-0.05, 0) is 50.9 Å². The first-order chi connectivity index (χ1) is 7.24. The molecule has 0 amide bonds. The molecule has 0 aliphatic heterocycles. The van der Waals surface area contributed by atoms with Crippen LogP contribution in [0.5, 0.6) is 0 Å². The molecule has 0 unspecified atom stereocenters. The Morgan fingerprint density at radius 3 is 2.33 bits per heavy atom. The van der Waals surface area contributed by atoms with E-state index < -0.39 is 0 Å². The number of hydrogen-bond donors (Lipinski definition) is 1. The first-order valence-corrected chi connectivity index (χ1v) is 6.53. The molecule has 0 saturated heterocycles. The van der Waals surface area contributed by atoms with Crippen molar-refractivity contribution >= 4 is 0 Å². The molecule has 0 heterocycles. The van der Waals surface area contributed by atoms with E-state index in [0.717, 1.165) is 18.5 Å². The predicted molar refractivity (Wildman–Crippen MR) is 63.0 cm³/mol. The Hall–Kier alpha value is -0.0800. The number of ether oxygens (including phenoxy) is 1. The summed E-state index contributed by atoms with van der Waals surface area (Å²) >= 11 is 0. The summed E-state index contributed by atoms with van der Waals surface area (Å²) in [5.41, 5.74) is 0.197. The van der Waals surface area contributed by atoms with Crippen LogP contribution in [-0.2, 0) is 4.74 Å². The third kappa shape index (κ3) is 2.73. The number of rotatable bonds is 4. The van der Waals surface area contributed by atoms with Gasteiger partial charge in [-0.3, -0.25) is 0 Å². The Labute approximate surface area is 93.8 Å². The second-order valence-electron chi connectivity index (χ2n) is 5.58. The lowest BCUT2D eigenvalue weighted by Gasteiger charge is -2.42. The highest BCUT2D eigenvalue weighted by molar-refractivity contribution is 4.92. The van der Waals surface area contributed by atoms with Crippen LogP contribution in [0.1, 0.15) is 51.9 Å². The molecule has 88 valence electrons. The second kappa shape index (κ2) is 4.84. The summed E-state index contributed by atoms with van der Waals surface area (Å²) in [5, 5.41) is 3.71. The summed E-state index contributed by atoms with van der Waals surface area (Å²) < 4.78 is 5.62. The highest BCUT2D eigenvalue weighted by Gasteiger charge is 2.37. The van der Waals surface area contributed by atoms with Gasteiger partial charge in [-0.15, -0.1) is 0 Å². The van der Waals surface area contributed by atoms with Gasteiger partial charge >= 0.3 is 0 Å². The van der Waals surface area contributed by atoms with E-state index in [0.29, 0.717) is 0 Å². The predicted octanol–water partition coefficient (Wildman–Crippen LogP) is 2.72. The van der Waals surface area contributed by atoms with Crippen molar-refractivity contribution in [2.45, 2.75) is 63.5 Å². The molecular weight excluding hydrogens is 186 g/mol. The van der Waals surface area contributed by atoms with Gasteiger partial charge in [-0.2, -0.15) is 0 Å². The van der Waals surface area contributed by atoms with Crippen molar-refractivity contribution in [3.63, 3.8) is 0 Å². The van der Waals surface area contributed by atoms with E-state index in [1.54, 1.807) is 0 Å². The van der Waals surface area contributed by atoms with Crippen molar-refractivity contribution in [2.24, 2.45) is 5.92 Å². The van der Waals surface area contributed by atoms with Gasteiger partial charge in [0.2, 0.25) is 0 Å². The van der Waals surface area contributed by atoms with Crippen molar-refractivity contribution in [3.05, 3.63) is 0 Å². The Bertz CT molecular complexity index is 187. The fourth-order valence-corrected chi connectivity index (χ4v) is 2.82. The van der Waals surface area contributed by atoms with Crippen LogP contribution in [0, 0.1) is 5.92 Å². The van der Waals surface area contributed by atoms with E-state index in [9.17, 15) is 0 Å². The largest absolute Gasteiger partial charge is 0.377 e. The Morgan fingerprint density at radius 2 is 1.87 bits per heavy atom. The molecule has 2 nitrogen and oxygen atoms in total. The molecule has 2 saturated carbocycles. The first kappa shape index (κ1) is 11.4. The third-order valence-electron chi connectivity index (χ3n) is 4.43. The van der Waals surface area contributed by atoms with Crippen molar-refractivity contribution in [1.82, 2.24) is 5.32 Å². The van der Waals surface area contributed by atoms with Crippen molar-refractivity contribution < 1.29 is 4.74 Å². The maximum atomic E-state index is 5.62. The fraction of sp³-hybridized carbons (Fsp3) is 1.00. The summed E-state index contributed by atoms with van der Waals surface area (Å²) in [6.07, 6.45) is 9.37. The molecule has 0 aromatic carbocycles. The van der Waals surface area contributed by atoms with Gasteiger partial charge in [0, 0.05) is 19.7 Å². The van der Waals surface area contributed by atoms with Crippen molar-refractivity contribution in [2.75, 3.05) is 13.7 Å². The smallest absolute Gasteiger partial charge is 0.0802 e. The summed E-state index contributed by atoms with van der Waals surface area (Å²) in [7, 11) is 1.86. The molecule has 0 atom stereocenters. The first-order valence-electron chi connectivity index (χ1n) is 6.53. The third-order valence-corrected chi connectivity index (χ3v) is 4.43. The molecule has 0 aromatic heterocycles. The molecule has 2 aliphatic rings. The zero-order valence-corrected chi connectivity index (χ0v) is 10.2. The van der Waals surface area contributed by atoms with Crippen LogP contribution < -0.4 is 5.32 Å². The Kier molecular flexibility index (Phi) is 3.68. The average molecular weight is 211 g/mol. The maximum absolute atomic E-state index is 5.62. The molecule has 2 rings (SSSR count). The lowest BCUT2D eigenvalue weighted by atomic mass is 9.79. The van der Waals surface area contributed by atoms with E-state index >= 15 is 0 Å². The minimum Gasteiger partial charge on any atom is -0.377 e. The monoisotopic (exact) mass is 211 g/mol. The number of methoxy groups -OCH3 is 1. The zero-order chi connectivity index (χ0) is 10.7. The number of nitrogens with one attached hydrogen (secondary N) is 1. The van der Waals surface area contributed by atoms with Crippen molar-refractivity contribution in [1.29, 1.82) is 0 Å². The maximum Gasteiger partial charge on any atom is 0.0802 e. The summed E-state index contributed by atoms with van der Waals surface area (Å²) in [6.45, 7) is 3.45. The Balaban J connectivity index is 1.69. The molecule has 0 spiro atoms. The van der Waals surface area contributed by atoms with E-state index in [1.807, 2.05) is 7.11 Å². The molecule has 0 aromatic rings. The van der Waals surface area contributed by atoms with Crippen LogP contribution in [0.4, 0.5) is 0 Å². The van der Waals surface area contributed by atoms with Gasteiger partial charge < -0.3 is 10.1 Å². The average Bonchev–Trinajstić information content (AvgIpc) is 2.20. The lowest BCUT2D eigenvalue weighted by Crippen LogP contribution is -2.50. The molecular formula is C13H25NO. The highest BCUT2D eigenvalue weighted by atomic mass is 16.5. The molecule has 15 heavy (non-hydrogen) atoms. The van der Waals surface area contributed by atoms with Gasteiger partial charge in [0.15, 0.2) is 0 Å². The van der Waals surface area contributed by atoms with Crippen LogP contribution in [-0.4, -0.2) is 25.3 Å². The normalized spacial score (nSPS) is 34.8. The molecule has 1 N–H and O–H groups in total. The molecule has 2 heteroatoms. The van der Waals surface area contributed by atoms with Crippen LogP contribution in [0.2, 0.25) is 0 Å². The van der Waals surface area contributed by atoms with Gasteiger partial charge in [0.1, 0.15) is 0 Å². The molecule has 0 bridgehead atoms. The second-order valence-corrected chi connectivity index (χ2v) is 5.58. The SMILES string of the molecule is COC1(CNC2CCC(C)CC2)CCC1. The highest BCUT2D eigenvalue weighted by Crippen LogP contribution is 2.34. The minimum atomic E-state index is 0.197. The topological polar surface area (TPSA) is 21.3 Å². The Morgan fingerprint density at radius 1 is 1.20 bits per heavy atom. The quantitative estimate of drug-likeness (QED) is 0.772. The van der Waals surface area contributed by atoms with Gasteiger partial charge in [-0.1, -0.05) is 6.92 Å². The zero-order valence-electron chi connectivity index (χ0n) is 10.2. The van der Waals surface area contributed by atoms with Gasteiger partial charge in [-0.25, -0.2) is 0 Å². The summed E-state index contributed by atoms with van der Waals surface area (Å²) in [4.78, 5) is 0. The van der Waals surface area contributed by atoms with E-state index in [-0.39, 0.29) is 5.60 Å². The van der Waals surface area contributed by atoms with Crippen LogP contribution in [0.25, 0.3) is 0 Å². The van der Waals surface area contributed by atoms with Crippen molar-refractivity contribution in [3.8, 4) is 0 Å². The minimum absolute atomic E-state index is 0.197. The van der Waals surface area contributed by atoms with E-state index in [2.05, 4.69) is 12.2 Å². The van der Waals surface area contributed by atoms with Gasteiger partial charge in [0.25, 0.3) is 0 Å². The molecule has 0 radical (unpaired) electrons. The summed E-state index contributed by atoms with van der Waals surface area (Å²) in [5.74, 6) is 0.947. The summed E-state index contributed by atoms with van der Waals surface area (Å²) in [6, 6.07) is 0.758. The van der Waals surface area contributed by atoms with Crippen LogP contribution in [0.3, 0.4) is 0 Å². The van der Waals surface area contributed by atoms with Crippen LogP contribution >= 0.6 is 0 Å². The van der Waals surface area contributed by atoms with Crippen LogP contribution in [0.15, 0.2) is 0 Å². The number of hydrogen-bond acceptors (Lipinski definition) is 2. The standard InChI is InChI=1S/C13H25NO/c1-11-4-6-12(7-5-11)14-10-13(15-2)8-3-9-13/h11-12,14H,3-10H2,1-2H3. The van der Waals surface area contributed by atoms with Gasteiger partial charge in [0.05, 0.1) is 5.60 Å². The molecule has 2 fully saturated rings.